The predicted molar refractivity (Wildman–Crippen MR) is 116 cm³/mol. The largest absolute Gasteiger partial charge is 0.480 e. The molecule has 19 heteroatoms. The smallest absolute Gasteiger partial charge is 0.386 e. The Balaban J connectivity index is 1.55. The molecule has 3 aromatic rings. The molecule has 35 heavy (non-hydrogen) atoms. The van der Waals surface area contributed by atoms with E-state index < -0.39 is 52.1 Å². The van der Waals surface area contributed by atoms with Crippen LogP contribution in [0.15, 0.2) is 29.8 Å². The van der Waals surface area contributed by atoms with Crippen LogP contribution in [0.4, 0.5) is 5.95 Å². The number of rotatable bonds is 9. The number of ether oxygens (including phenoxy) is 2. The Labute approximate surface area is 196 Å². The summed E-state index contributed by atoms with van der Waals surface area (Å²) in [5.41, 5.74) is 5.47. The van der Waals surface area contributed by atoms with Crippen molar-refractivity contribution in [3.8, 4) is 0 Å². The van der Waals surface area contributed by atoms with E-state index in [1.165, 1.54) is 28.8 Å². The number of anilines is 1. The molecule has 0 bridgehead atoms. The predicted octanol–water partition coefficient (Wildman–Crippen LogP) is -1.37. The SMILES string of the molecule is COC[C@H]1[C@@H](O)[C@H]([n+]2cn(C)c3c(=O)[nH]c(N)nc32)O[C@@H]1COP(=O)(O)OP(=O)(O)n1ccnc1. The van der Waals surface area contributed by atoms with Crippen molar-refractivity contribution >= 4 is 32.7 Å². The number of nitrogens with zero attached hydrogens (tertiary/aromatic N) is 5. The van der Waals surface area contributed by atoms with Gasteiger partial charge in [-0.15, -0.1) is 0 Å². The Morgan fingerprint density at radius 1 is 1.34 bits per heavy atom. The Morgan fingerprint density at radius 2 is 2.09 bits per heavy atom. The molecule has 0 radical (unpaired) electrons. The van der Waals surface area contributed by atoms with Gasteiger partial charge in [0.15, 0.2) is 6.33 Å². The normalized spacial score (nSPS) is 26.1. The first kappa shape index (κ1) is 25.6. The molecule has 1 aliphatic heterocycles. The fraction of sp³-hybridized carbons (Fsp3) is 0.500. The van der Waals surface area contributed by atoms with Gasteiger partial charge in [0.1, 0.15) is 12.4 Å². The zero-order valence-corrected chi connectivity index (χ0v) is 20.2. The van der Waals surface area contributed by atoms with Crippen molar-refractivity contribution in [1.29, 1.82) is 0 Å². The van der Waals surface area contributed by atoms with Crippen LogP contribution in [-0.2, 0) is 34.5 Å². The van der Waals surface area contributed by atoms with Gasteiger partial charge in [-0.1, -0.05) is 4.98 Å². The van der Waals surface area contributed by atoms with E-state index in [-0.39, 0.29) is 23.7 Å². The highest BCUT2D eigenvalue weighted by molar-refractivity contribution is 7.63. The summed E-state index contributed by atoms with van der Waals surface area (Å²) in [5.74, 6) is -0.908. The van der Waals surface area contributed by atoms with Gasteiger partial charge in [-0.2, -0.15) is 4.31 Å². The number of nitrogens with one attached hydrogen (secondary N) is 1. The minimum atomic E-state index is -5.06. The van der Waals surface area contributed by atoms with Gasteiger partial charge >= 0.3 is 21.2 Å². The summed E-state index contributed by atoms with van der Waals surface area (Å²) in [7, 11) is -6.86. The minimum Gasteiger partial charge on any atom is -0.386 e. The van der Waals surface area contributed by atoms with E-state index in [1.54, 1.807) is 7.05 Å². The maximum atomic E-state index is 12.4. The summed E-state index contributed by atoms with van der Waals surface area (Å²) in [4.78, 5) is 42.3. The number of hydrogen-bond acceptors (Lipinski definition) is 11. The molecule has 0 spiro atoms. The summed E-state index contributed by atoms with van der Waals surface area (Å²) in [6.07, 6.45) is 1.31. The Kier molecular flexibility index (Phi) is 6.98. The maximum absolute atomic E-state index is 12.4. The zero-order valence-electron chi connectivity index (χ0n) is 18.4. The molecule has 17 nitrogen and oxygen atoms in total. The van der Waals surface area contributed by atoms with E-state index in [0.29, 0.717) is 4.34 Å². The number of aliphatic hydroxyl groups excluding tert-OH is 1. The topological polar surface area (TPSA) is 230 Å². The molecule has 1 saturated heterocycles. The first-order valence-corrected chi connectivity index (χ1v) is 13.0. The lowest BCUT2D eigenvalue weighted by atomic mass is 9.99. The summed E-state index contributed by atoms with van der Waals surface area (Å²) in [6, 6.07) is 0. The molecule has 2 unspecified atom stereocenters. The average molecular weight is 536 g/mol. The third-order valence-corrected chi connectivity index (χ3v) is 8.31. The van der Waals surface area contributed by atoms with Crippen molar-refractivity contribution in [2.45, 2.75) is 18.4 Å². The molecule has 0 aliphatic carbocycles. The lowest BCUT2D eigenvalue weighted by molar-refractivity contribution is -0.745. The van der Waals surface area contributed by atoms with Crippen molar-refractivity contribution in [1.82, 2.24) is 23.9 Å². The number of hydrogen-bond donors (Lipinski definition) is 5. The van der Waals surface area contributed by atoms with Crippen molar-refractivity contribution < 1.29 is 46.9 Å². The number of aromatic nitrogens is 6. The van der Waals surface area contributed by atoms with Gasteiger partial charge in [-0.05, 0) is 0 Å². The molecule has 0 aromatic carbocycles. The number of aliphatic hydroxyl groups is 1. The average Bonchev–Trinajstić information content (AvgIpc) is 3.46. The number of fused-ring (bicyclic) bond motifs is 1. The molecule has 192 valence electrons. The number of aryl methyl sites for hydroxylation is 1. The highest BCUT2D eigenvalue weighted by Crippen LogP contribution is 2.60. The van der Waals surface area contributed by atoms with Gasteiger partial charge in [0.05, 0.1) is 26.4 Å². The molecular formula is C16H24N7O10P2+. The fourth-order valence-corrected chi connectivity index (χ4v) is 6.16. The van der Waals surface area contributed by atoms with Gasteiger partial charge < -0.3 is 30.1 Å². The number of imidazole rings is 2. The zero-order chi connectivity index (χ0) is 25.5. The highest BCUT2D eigenvalue weighted by atomic mass is 31.3. The van der Waals surface area contributed by atoms with Crippen LogP contribution in [0.3, 0.4) is 0 Å². The number of phosphoric acid groups is 1. The van der Waals surface area contributed by atoms with E-state index >= 15 is 0 Å². The van der Waals surface area contributed by atoms with Crippen LogP contribution < -0.4 is 15.9 Å². The van der Waals surface area contributed by atoms with Crippen LogP contribution in [0.1, 0.15) is 6.23 Å². The molecule has 1 aliphatic rings. The van der Waals surface area contributed by atoms with Crippen LogP contribution in [0, 0.1) is 5.92 Å². The summed E-state index contributed by atoms with van der Waals surface area (Å²) >= 11 is 0. The fourth-order valence-electron chi connectivity index (χ4n) is 3.81. The maximum Gasteiger partial charge on any atom is 0.480 e. The number of nitrogens with two attached hydrogens (primary N) is 1. The van der Waals surface area contributed by atoms with Crippen molar-refractivity contribution in [3.05, 3.63) is 35.4 Å². The summed E-state index contributed by atoms with van der Waals surface area (Å²) in [6.45, 7) is -0.641. The molecule has 0 amide bonds. The van der Waals surface area contributed by atoms with Crippen LogP contribution >= 0.6 is 15.6 Å². The Morgan fingerprint density at radius 3 is 2.74 bits per heavy atom. The van der Waals surface area contributed by atoms with Crippen LogP contribution in [0.5, 0.6) is 0 Å². The quantitative estimate of drug-likeness (QED) is 0.157. The number of aromatic amines is 1. The highest BCUT2D eigenvalue weighted by Gasteiger charge is 2.49. The van der Waals surface area contributed by atoms with E-state index in [0.717, 1.165) is 12.5 Å². The number of phosphoric ester groups is 1. The lowest BCUT2D eigenvalue weighted by Crippen LogP contribution is -2.45. The van der Waals surface area contributed by atoms with Crippen molar-refractivity contribution in [2.24, 2.45) is 13.0 Å². The van der Waals surface area contributed by atoms with Gasteiger partial charge in [0, 0.05) is 25.4 Å². The second-order valence-electron chi connectivity index (χ2n) is 7.71. The standard InChI is InChI=1S/C16H23N7O10P2/c1-21-8-23(13-11(21)14(25)20-16(17)19-13)15-12(24)9(5-30-2)10(32-15)6-31-35(28,29)33-34(26,27)22-4-3-18-7-22/h3-4,7-10,12,15,24H,5-6H2,1-2H3,(H4-,17,19,20,25,26,27,28,29)/p+1/t9-,10-,12-,15-/m1/s1. The van der Waals surface area contributed by atoms with Gasteiger partial charge in [-0.3, -0.25) is 18.9 Å². The van der Waals surface area contributed by atoms with Crippen LogP contribution in [0.2, 0.25) is 0 Å². The molecule has 1 fully saturated rings. The van der Waals surface area contributed by atoms with Crippen molar-refractivity contribution in [2.75, 3.05) is 26.1 Å². The first-order chi connectivity index (χ1) is 16.4. The summed E-state index contributed by atoms with van der Waals surface area (Å²) in [5, 5.41) is 11.0. The molecule has 4 heterocycles. The molecule has 4 rings (SSSR count). The number of methoxy groups -OCH3 is 1. The van der Waals surface area contributed by atoms with E-state index in [9.17, 15) is 28.8 Å². The second kappa shape index (κ2) is 9.54. The van der Waals surface area contributed by atoms with Gasteiger partial charge in [-0.25, -0.2) is 23.0 Å². The van der Waals surface area contributed by atoms with Crippen LogP contribution in [0.25, 0.3) is 11.2 Å². The molecule has 6 atom stereocenters. The monoisotopic (exact) mass is 536 g/mol. The first-order valence-electron chi connectivity index (χ1n) is 10.0. The van der Waals surface area contributed by atoms with E-state index in [2.05, 4.69) is 19.3 Å². The van der Waals surface area contributed by atoms with Gasteiger partial charge in [0.25, 0.3) is 11.5 Å². The Hall–Kier alpha value is -2.46. The van der Waals surface area contributed by atoms with Gasteiger partial charge in [0.2, 0.25) is 11.7 Å². The Bertz CT molecular complexity index is 1360. The lowest BCUT2D eigenvalue weighted by Gasteiger charge is -2.21. The second-order valence-corrected chi connectivity index (χ2v) is 11.0. The van der Waals surface area contributed by atoms with Crippen molar-refractivity contribution in [3.63, 3.8) is 0 Å². The minimum absolute atomic E-state index is 0.0305. The number of H-pyrrole nitrogens is 1. The molecule has 0 saturated carbocycles. The number of nitrogen functional groups attached to an aromatic ring is 1. The summed E-state index contributed by atoms with van der Waals surface area (Å²) < 4.78 is 48.5. The molecule has 6 N–H and O–H groups in total. The van der Waals surface area contributed by atoms with E-state index in [1.807, 2.05) is 0 Å². The molecular weight excluding hydrogens is 512 g/mol. The third kappa shape index (κ3) is 5.09. The molecule has 3 aromatic heterocycles. The van der Waals surface area contributed by atoms with E-state index in [4.69, 9.17) is 19.7 Å². The van der Waals surface area contributed by atoms with Crippen LogP contribution in [-0.4, -0.2) is 71.3 Å². The third-order valence-electron chi connectivity index (χ3n) is 5.34.